The highest BCUT2D eigenvalue weighted by molar-refractivity contribution is 9.10. The Labute approximate surface area is 124 Å². The summed E-state index contributed by atoms with van der Waals surface area (Å²) in [6.07, 6.45) is 1.61. The topological polar surface area (TPSA) is 57.6 Å². The number of carboxylic acid groups (broad SMARTS) is 1. The van der Waals surface area contributed by atoms with Crippen molar-refractivity contribution in [1.29, 1.82) is 0 Å². The van der Waals surface area contributed by atoms with Gasteiger partial charge in [-0.15, -0.1) is 0 Å². The highest BCUT2D eigenvalue weighted by Gasteiger charge is 2.25. The van der Waals surface area contributed by atoms with Crippen molar-refractivity contribution < 1.29 is 14.7 Å². The minimum atomic E-state index is -0.958. The van der Waals surface area contributed by atoms with E-state index in [1.165, 1.54) is 0 Å². The van der Waals surface area contributed by atoms with E-state index in [0.29, 0.717) is 11.6 Å². The molecule has 6 heteroatoms. The number of hydrogen-bond donors (Lipinski definition) is 1. The molecule has 0 atom stereocenters. The third-order valence-electron chi connectivity index (χ3n) is 3.06. The van der Waals surface area contributed by atoms with Gasteiger partial charge in [-0.2, -0.15) is 0 Å². The first-order valence-electron chi connectivity index (χ1n) is 5.99. The van der Waals surface area contributed by atoms with E-state index in [2.05, 4.69) is 15.9 Å². The van der Waals surface area contributed by atoms with Crippen molar-refractivity contribution in [2.45, 2.75) is 25.7 Å². The van der Waals surface area contributed by atoms with Crippen molar-refractivity contribution in [3.05, 3.63) is 27.2 Å². The maximum atomic E-state index is 12.1. The predicted molar refractivity (Wildman–Crippen MR) is 76.7 cm³/mol. The number of benzene rings is 1. The Bertz CT molecular complexity index is 533. The van der Waals surface area contributed by atoms with Gasteiger partial charge in [0.25, 0.3) is 0 Å². The second kappa shape index (κ2) is 5.92. The third-order valence-corrected chi connectivity index (χ3v) is 3.88. The van der Waals surface area contributed by atoms with E-state index in [1.807, 2.05) is 6.07 Å². The van der Waals surface area contributed by atoms with Crippen LogP contribution >= 0.6 is 27.5 Å². The molecule has 4 nitrogen and oxygen atoms in total. The first kappa shape index (κ1) is 14.3. The van der Waals surface area contributed by atoms with E-state index in [9.17, 15) is 9.59 Å². The molecular formula is C13H13BrClNO3. The van der Waals surface area contributed by atoms with Gasteiger partial charge < -0.3 is 10.0 Å². The lowest BCUT2D eigenvalue weighted by atomic mass is 10.0. The van der Waals surface area contributed by atoms with Crippen LogP contribution in [0.2, 0.25) is 5.02 Å². The van der Waals surface area contributed by atoms with E-state index in [1.54, 1.807) is 11.0 Å². The second-order valence-electron chi connectivity index (χ2n) is 4.44. The predicted octanol–water partition coefficient (Wildman–Crippen LogP) is 3.25. The molecular weight excluding hydrogens is 334 g/mol. The Balaban J connectivity index is 2.26. The molecule has 0 unspecified atom stereocenters. The maximum Gasteiger partial charge on any atom is 0.303 e. The normalized spacial score (nSPS) is 14.1. The number of carbonyl (C=O) groups excluding carboxylic acids is 1. The van der Waals surface area contributed by atoms with E-state index < -0.39 is 5.97 Å². The van der Waals surface area contributed by atoms with E-state index in [4.69, 9.17) is 16.7 Å². The molecule has 1 N–H and O–H groups in total. The average Bonchev–Trinajstić information content (AvgIpc) is 2.34. The number of anilines is 1. The van der Waals surface area contributed by atoms with Gasteiger partial charge in [0.2, 0.25) is 5.91 Å². The SMILES string of the molecule is O=C(O)CCC(=O)N1CCCc2cc(Cl)cc(Br)c21. The van der Waals surface area contributed by atoms with E-state index in [0.717, 1.165) is 28.6 Å². The van der Waals surface area contributed by atoms with Crippen molar-refractivity contribution in [3.63, 3.8) is 0 Å². The van der Waals surface area contributed by atoms with Gasteiger partial charge in [0.05, 0.1) is 12.1 Å². The van der Waals surface area contributed by atoms with Crippen molar-refractivity contribution in [1.82, 2.24) is 0 Å². The molecule has 1 amide bonds. The molecule has 0 aromatic heterocycles. The van der Waals surface area contributed by atoms with Crippen molar-refractivity contribution in [2.24, 2.45) is 0 Å². The largest absolute Gasteiger partial charge is 0.481 e. The summed E-state index contributed by atoms with van der Waals surface area (Å²) >= 11 is 9.43. The zero-order valence-corrected chi connectivity index (χ0v) is 12.5. The van der Waals surface area contributed by atoms with Crippen LogP contribution in [0, 0.1) is 0 Å². The standard InChI is InChI=1S/C13H13BrClNO3/c14-10-7-9(15)6-8-2-1-5-16(13(8)10)11(17)3-4-12(18)19/h6-7H,1-5H2,(H,18,19). The molecule has 0 spiro atoms. The molecule has 1 aliphatic heterocycles. The molecule has 1 aliphatic rings. The Morgan fingerprint density at radius 1 is 1.37 bits per heavy atom. The Hall–Kier alpha value is -1.07. The summed E-state index contributed by atoms with van der Waals surface area (Å²) < 4.78 is 0.776. The fourth-order valence-electron chi connectivity index (χ4n) is 2.25. The number of carbonyl (C=O) groups is 2. The maximum absolute atomic E-state index is 12.1. The van der Waals surface area contributed by atoms with Crippen LogP contribution in [0.3, 0.4) is 0 Å². The van der Waals surface area contributed by atoms with Gasteiger partial charge in [-0.25, -0.2) is 0 Å². The third kappa shape index (κ3) is 3.28. The summed E-state index contributed by atoms with van der Waals surface area (Å²) in [4.78, 5) is 24.3. The molecule has 0 saturated heterocycles. The molecule has 0 saturated carbocycles. The molecule has 19 heavy (non-hydrogen) atoms. The lowest BCUT2D eigenvalue weighted by molar-refractivity contribution is -0.138. The lowest BCUT2D eigenvalue weighted by Crippen LogP contribution is -2.36. The molecule has 0 radical (unpaired) electrons. The number of aryl methyl sites for hydroxylation is 1. The Kier molecular flexibility index (Phi) is 4.47. The number of amides is 1. The number of rotatable bonds is 3. The Morgan fingerprint density at radius 3 is 2.79 bits per heavy atom. The zero-order valence-electron chi connectivity index (χ0n) is 10.2. The van der Waals surface area contributed by atoms with Crippen LogP contribution in [0.25, 0.3) is 0 Å². The van der Waals surface area contributed by atoms with Crippen LogP contribution in [0.1, 0.15) is 24.8 Å². The fraction of sp³-hybridized carbons (Fsp3) is 0.385. The summed E-state index contributed by atoms with van der Waals surface area (Å²) in [5.41, 5.74) is 1.85. The van der Waals surface area contributed by atoms with Gasteiger partial charge in [0.1, 0.15) is 0 Å². The summed E-state index contributed by atoms with van der Waals surface area (Å²) in [7, 11) is 0. The van der Waals surface area contributed by atoms with Crippen LogP contribution in [-0.4, -0.2) is 23.5 Å². The summed E-state index contributed by atoms with van der Waals surface area (Å²) in [5, 5.41) is 9.28. The van der Waals surface area contributed by atoms with Crippen LogP contribution in [0.4, 0.5) is 5.69 Å². The molecule has 0 aliphatic carbocycles. The van der Waals surface area contributed by atoms with Gasteiger partial charge in [-0.3, -0.25) is 9.59 Å². The number of aliphatic carboxylic acids is 1. The highest BCUT2D eigenvalue weighted by Crippen LogP contribution is 2.37. The summed E-state index contributed by atoms with van der Waals surface area (Å²) in [6, 6.07) is 3.61. The second-order valence-corrected chi connectivity index (χ2v) is 5.73. The molecule has 102 valence electrons. The van der Waals surface area contributed by atoms with E-state index >= 15 is 0 Å². The monoisotopic (exact) mass is 345 g/mol. The smallest absolute Gasteiger partial charge is 0.303 e. The van der Waals surface area contributed by atoms with Crippen LogP contribution in [-0.2, 0) is 16.0 Å². The van der Waals surface area contributed by atoms with Crippen LogP contribution in [0.5, 0.6) is 0 Å². The quantitative estimate of drug-likeness (QED) is 0.914. The molecule has 1 aromatic rings. The highest BCUT2D eigenvalue weighted by atomic mass is 79.9. The minimum absolute atomic E-state index is 0.0177. The first-order valence-corrected chi connectivity index (χ1v) is 7.16. The van der Waals surface area contributed by atoms with Gasteiger partial charge in [-0.05, 0) is 46.5 Å². The van der Waals surface area contributed by atoms with Crippen molar-refractivity contribution >= 4 is 45.1 Å². The minimum Gasteiger partial charge on any atom is -0.481 e. The van der Waals surface area contributed by atoms with Crippen LogP contribution in [0.15, 0.2) is 16.6 Å². The number of nitrogens with zero attached hydrogens (tertiary/aromatic N) is 1. The molecule has 1 heterocycles. The van der Waals surface area contributed by atoms with Crippen molar-refractivity contribution in [3.8, 4) is 0 Å². The van der Waals surface area contributed by atoms with Crippen molar-refractivity contribution in [2.75, 3.05) is 11.4 Å². The first-order chi connectivity index (χ1) is 8.99. The van der Waals surface area contributed by atoms with Crippen LogP contribution < -0.4 is 4.90 Å². The number of hydrogen-bond acceptors (Lipinski definition) is 2. The lowest BCUT2D eigenvalue weighted by Gasteiger charge is -2.30. The number of halogens is 2. The Morgan fingerprint density at radius 2 is 2.11 bits per heavy atom. The van der Waals surface area contributed by atoms with Gasteiger partial charge in [0.15, 0.2) is 0 Å². The molecule has 1 aromatic carbocycles. The van der Waals surface area contributed by atoms with Gasteiger partial charge in [0, 0.05) is 22.5 Å². The zero-order chi connectivity index (χ0) is 14.0. The molecule has 0 fully saturated rings. The van der Waals surface area contributed by atoms with E-state index in [-0.39, 0.29) is 18.7 Å². The molecule has 2 rings (SSSR count). The summed E-state index contributed by atoms with van der Waals surface area (Å²) in [6.45, 7) is 0.617. The average molecular weight is 347 g/mol. The number of carboxylic acids is 1. The number of fused-ring (bicyclic) bond motifs is 1. The molecule has 0 bridgehead atoms. The summed E-state index contributed by atoms with van der Waals surface area (Å²) in [5.74, 6) is -1.12. The van der Waals surface area contributed by atoms with Gasteiger partial charge >= 0.3 is 5.97 Å². The fourth-order valence-corrected chi connectivity index (χ4v) is 3.34. The van der Waals surface area contributed by atoms with Gasteiger partial charge in [-0.1, -0.05) is 11.6 Å².